The highest BCUT2D eigenvalue weighted by molar-refractivity contribution is 6.74. The molecule has 3 aromatic carbocycles. The van der Waals surface area contributed by atoms with Gasteiger partial charge in [0.15, 0.2) is 8.32 Å². The van der Waals surface area contributed by atoms with E-state index in [-0.39, 0.29) is 5.04 Å². The summed E-state index contributed by atoms with van der Waals surface area (Å²) in [6.07, 6.45) is 0.848. The molecule has 0 amide bonds. The lowest BCUT2D eigenvalue weighted by Gasteiger charge is -2.36. The Labute approximate surface area is 235 Å². The minimum absolute atomic E-state index is 0.208. The van der Waals surface area contributed by atoms with Crippen molar-refractivity contribution in [1.29, 1.82) is 0 Å². The summed E-state index contributed by atoms with van der Waals surface area (Å²) >= 11 is 0. The van der Waals surface area contributed by atoms with Crippen LogP contribution in [0.2, 0.25) is 18.1 Å². The SMILES string of the molecule is CCN(CC)c1ccc(-c2cc(-c3ccc(OCCCO[Si](C)(C)C(C)(C)C)cc3)ccc2C(=O)O)cc1C. The van der Waals surface area contributed by atoms with Gasteiger partial charge in [-0.1, -0.05) is 45.0 Å². The van der Waals surface area contributed by atoms with E-state index in [2.05, 4.69) is 71.7 Å². The van der Waals surface area contributed by atoms with Crippen molar-refractivity contribution in [2.24, 2.45) is 0 Å². The molecule has 0 fully saturated rings. The van der Waals surface area contributed by atoms with E-state index in [1.807, 2.05) is 42.5 Å². The molecular formula is C33H45NO4Si. The number of rotatable bonds is 12. The Morgan fingerprint density at radius 2 is 1.49 bits per heavy atom. The molecule has 3 aromatic rings. The first-order valence-electron chi connectivity index (χ1n) is 14.0. The van der Waals surface area contributed by atoms with Crippen LogP contribution in [0.4, 0.5) is 5.69 Å². The van der Waals surface area contributed by atoms with Crippen LogP contribution in [-0.4, -0.2) is 45.7 Å². The number of nitrogens with zero attached hydrogens (tertiary/aromatic N) is 1. The fraction of sp³-hybridized carbons (Fsp3) is 0.424. The average Bonchev–Trinajstić information content (AvgIpc) is 2.89. The van der Waals surface area contributed by atoms with E-state index in [0.717, 1.165) is 53.1 Å². The monoisotopic (exact) mass is 547 g/mol. The number of carboxylic acids is 1. The van der Waals surface area contributed by atoms with Gasteiger partial charge in [-0.05, 0) is 103 Å². The number of hydrogen-bond donors (Lipinski definition) is 1. The second kappa shape index (κ2) is 12.8. The smallest absolute Gasteiger partial charge is 0.336 e. The Hall–Kier alpha value is -3.09. The van der Waals surface area contributed by atoms with Crippen LogP contribution in [0.1, 0.15) is 57.0 Å². The number of hydrogen-bond acceptors (Lipinski definition) is 4. The largest absolute Gasteiger partial charge is 0.494 e. The summed E-state index contributed by atoms with van der Waals surface area (Å²) in [5.41, 5.74) is 6.22. The second-order valence-corrected chi connectivity index (χ2v) is 16.4. The maximum Gasteiger partial charge on any atom is 0.336 e. The Morgan fingerprint density at radius 3 is 2.05 bits per heavy atom. The third-order valence-electron chi connectivity index (χ3n) is 7.88. The first-order valence-corrected chi connectivity index (χ1v) is 16.9. The average molecular weight is 548 g/mol. The molecule has 6 heteroatoms. The van der Waals surface area contributed by atoms with Crippen LogP contribution in [0.5, 0.6) is 5.75 Å². The molecule has 210 valence electrons. The molecule has 3 rings (SSSR count). The molecule has 1 N–H and O–H groups in total. The molecule has 0 radical (unpaired) electrons. The summed E-state index contributed by atoms with van der Waals surface area (Å²) < 4.78 is 12.2. The minimum Gasteiger partial charge on any atom is -0.494 e. The van der Waals surface area contributed by atoms with Gasteiger partial charge in [0, 0.05) is 31.8 Å². The van der Waals surface area contributed by atoms with Gasteiger partial charge in [0.1, 0.15) is 5.75 Å². The van der Waals surface area contributed by atoms with Crippen molar-refractivity contribution in [3.05, 3.63) is 71.8 Å². The van der Waals surface area contributed by atoms with Gasteiger partial charge >= 0.3 is 5.97 Å². The summed E-state index contributed by atoms with van der Waals surface area (Å²) in [5, 5.41) is 10.1. The van der Waals surface area contributed by atoms with Gasteiger partial charge in [0.05, 0.1) is 12.2 Å². The van der Waals surface area contributed by atoms with Crippen LogP contribution in [-0.2, 0) is 4.43 Å². The number of ether oxygens (including phenoxy) is 1. The Balaban J connectivity index is 1.74. The van der Waals surface area contributed by atoms with Crippen molar-refractivity contribution < 1.29 is 19.1 Å². The van der Waals surface area contributed by atoms with Crippen LogP contribution in [0.25, 0.3) is 22.3 Å². The summed E-state index contributed by atoms with van der Waals surface area (Å²) in [6, 6.07) is 19.7. The van der Waals surface area contributed by atoms with Gasteiger partial charge in [-0.15, -0.1) is 0 Å². The van der Waals surface area contributed by atoms with Gasteiger partial charge in [-0.3, -0.25) is 0 Å². The van der Waals surface area contributed by atoms with E-state index in [0.29, 0.717) is 18.8 Å². The Kier molecular flexibility index (Phi) is 10.0. The Bertz CT molecular complexity index is 1260. The van der Waals surface area contributed by atoms with Crippen molar-refractivity contribution in [3.8, 4) is 28.0 Å². The van der Waals surface area contributed by atoms with Crippen molar-refractivity contribution in [3.63, 3.8) is 0 Å². The molecule has 0 spiro atoms. The van der Waals surface area contributed by atoms with Gasteiger partial charge in [0.25, 0.3) is 0 Å². The topological polar surface area (TPSA) is 59.0 Å². The normalized spacial score (nSPS) is 11.9. The van der Waals surface area contributed by atoms with E-state index in [9.17, 15) is 9.90 Å². The van der Waals surface area contributed by atoms with E-state index >= 15 is 0 Å². The molecule has 0 aliphatic heterocycles. The highest BCUT2D eigenvalue weighted by Crippen LogP contribution is 2.37. The standard InChI is InChI=1S/C33H45NO4Si/c1-9-34(10-2)31-19-15-27(22-24(31)3)30-23-26(14-18-29(30)32(35)36)25-12-16-28(17-13-25)37-20-11-21-38-39(7,8)33(4,5)6/h12-19,22-23H,9-11,20-21H2,1-8H3,(H,35,36). The highest BCUT2D eigenvalue weighted by atomic mass is 28.4. The number of carbonyl (C=O) groups is 1. The summed E-state index contributed by atoms with van der Waals surface area (Å²) in [7, 11) is -1.73. The molecule has 0 saturated carbocycles. The van der Waals surface area contributed by atoms with E-state index in [4.69, 9.17) is 9.16 Å². The van der Waals surface area contributed by atoms with E-state index in [1.165, 1.54) is 5.69 Å². The summed E-state index contributed by atoms with van der Waals surface area (Å²) in [5.74, 6) is -0.112. The third-order valence-corrected chi connectivity index (χ3v) is 12.4. The van der Waals surface area contributed by atoms with Crippen LogP contribution in [0, 0.1) is 6.92 Å². The first-order chi connectivity index (χ1) is 18.4. The lowest BCUT2D eigenvalue weighted by Crippen LogP contribution is -2.41. The zero-order valence-corrected chi connectivity index (χ0v) is 25.9. The zero-order valence-electron chi connectivity index (χ0n) is 24.9. The molecule has 0 atom stereocenters. The van der Waals surface area contributed by atoms with Gasteiger partial charge < -0.3 is 19.2 Å². The maximum atomic E-state index is 12.1. The molecule has 0 heterocycles. The van der Waals surface area contributed by atoms with E-state index in [1.54, 1.807) is 6.07 Å². The minimum atomic E-state index is -1.73. The fourth-order valence-electron chi connectivity index (χ4n) is 4.43. The van der Waals surface area contributed by atoms with Crippen molar-refractivity contribution in [2.45, 2.75) is 66.1 Å². The molecule has 0 unspecified atom stereocenters. The molecule has 0 bridgehead atoms. The van der Waals surface area contributed by atoms with Crippen molar-refractivity contribution in [2.75, 3.05) is 31.2 Å². The Morgan fingerprint density at radius 1 is 0.872 bits per heavy atom. The highest BCUT2D eigenvalue weighted by Gasteiger charge is 2.36. The van der Waals surface area contributed by atoms with Crippen LogP contribution < -0.4 is 9.64 Å². The summed E-state index contributed by atoms with van der Waals surface area (Å²) in [6.45, 7) is 20.8. The van der Waals surface area contributed by atoms with Crippen LogP contribution >= 0.6 is 0 Å². The number of carboxylic acid groups (broad SMARTS) is 1. The van der Waals surface area contributed by atoms with Crippen molar-refractivity contribution in [1.82, 2.24) is 0 Å². The maximum absolute atomic E-state index is 12.1. The predicted molar refractivity (Wildman–Crippen MR) is 166 cm³/mol. The summed E-state index contributed by atoms with van der Waals surface area (Å²) in [4.78, 5) is 14.4. The molecule has 39 heavy (non-hydrogen) atoms. The lowest BCUT2D eigenvalue weighted by molar-refractivity contribution is 0.0697. The quantitative estimate of drug-likeness (QED) is 0.182. The fourth-order valence-corrected chi connectivity index (χ4v) is 5.52. The number of aromatic carboxylic acids is 1. The molecular weight excluding hydrogens is 502 g/mol. The number of anilines is 1. The molecule has 5 nitrogen and oxygen atoms in total. The van der Waals surface area contributed by atoms with Crippen LogP contribution in [0.15, 0.2) is 60.7 Å². The number of benzene rings is 3. The van der Waals surface area contributed by atoms with Gasteiger partial charge in [0.2, 0.25) is 0 Å². The number of aryl methyl sites for hydroxylation is 1. The van der Waals surface area contributed by atoms with Crippen LogP contribution in [0.3, 0.4) is 0 Å². The van der Waals surface area contributed by atoms with Gasteiger partial charge in [-0.25, -0.2) is 4.79 Å². The van der Waals surface area contributed by atoms with Gasteiger partial charge in [-0.2, -0.15) is 0 Å². The second-order valence-electron chi connectivity index (χ2n) is 11.6. The first kappa shape index (κ1) is 30.4. The molecule has 0 aromatic heterocycles. The van der Waals surface area contributed by atoms with Crippen molar-refractivity contribution >= 4 is 20.0 Å². The molecule has 0 aliphatic carbocycles. The third kappa shape index (κ3) is 7.52. The lowest BCUT2D eigenvalue weighted by atomic mass is 9.93. The van der Waals surface area contributed by atoms with E-state index < -0.39 is 14.3 Å². The molecule has 0 saturated heterocycles. The predicted octanol–water partition coefficient (Wildman–Crippen LogP) is 8.66. The zero-order chi connectivity index (χ0) is 28.8. The molecule has 0 aliphatic rings.